The average molecular weight is 339 g/mol. The first-order valence-electron chi connectivity index (χ1n) is 7.92. The van der Waals surface area contributed by atoms with Gasteiger partial charge in [-0.3, -0.25) is 4.79 Å². The van der Waals surface area contributed by atoms with Gasteiger partial charge in [-0.25, -0.2) is 4.79 Å². The number of carbonyl (C=O) groups excluding carboxylic acids is 2. The first kappa shape index (κ1) is 18.4. The molecule has 2 aromatic rings. The smallest absolute Gasteiger partial charge is 0.354 e. The molecule has 0 bridgehead atoms. The van der Waals surface area contributed by atoms with Gasteiger partial charge in [0.1, 0.15) is 5.70 Å². The van der Waals surface area contributed by atoms with E-state index in [1.54, 1.807) is 31.2 Å². The van der Waals surface area contributed by atoms with Crippen LogP contribution in [0.4, 0.5) is 0 Å². The summed E-state index contributed by atoms with van der Waals surface area (Å²) in [7, 11) is 1.26. The molecular formula is C20H21NO4. The molecule has 5 nitrogen and oxygen atoms in total. The Labute approximate surface area is 147 Å². The standard InChI is InChI=1S/C20H21NO4/c1-15(25-14-16-9-5-3-6-10-16)13-18(20(23)24-2)21-19(22)17-11-7-4-8-12-17/h3-13,15H,14H2,1-2H3,(H,21,22)/b18-13+/t15-/m0/s1. The van der Waals surface area contributed by atoms with E-state index in [0.29, 0.717) is 12.2 Å². The van der Waals surface area contributed by atoms with E-state index in [1.807, 2.05) is 36.4 Å². The minimum absolute atomic E-state index is 0.0527. The lowest BCUT2D eigenvalue weighted by molar-refractivity contribution is -0.136. The number of methoxy groups -OCH3 is 1. The van der Waals surface area contributed by atoms with Crippen molar-refractivity contribution in [2.24, 2.45) is 0 Å². The number of esters is 1. The Bertz CT molecular complexity index is 726. The van der Waals surface area contributed by atoms with E-state index in [4.69, 9.17) is 9.47 Å². The number of nitrogens with one attached hydrogen (secondary N) is 1. The van der Waals surface area contributed by atoms with E-state index in [1.165, 1.54) is 13.2 Å². The second kappa shape index (κ2) is 9.39. The summed E-state index contributed by atoms with van der Waals surface area (Å²) in [6.07, 6.45) is 1.15. The Balaban J connectivity index is 2.04. The Kier molecular flexibility index (Phi) is 6.92. The van der Waals surface area contributed by atoms with Crippen LogP contribution in [-0.2, 0) is 20.9 Å². The summed E-state index contributed by atoms with van der Waals surface area (Å²) in [6.45, 7) is 2.19. The SMILES string of the molecule is COC(=O)/C(=C\[C@H](C)OCc1ccccc1)NC(=O)c1ccccc1. The maximum Gasteiger partial charge on any atom is 0.354 e. The zero-order valence-corrected chi connectivity index (χ0v) is 14.3. The van der Waals surface area contributed by atoms with Gasteiger partial charge in [-0.15, -0.1) is 0 Å². The van der Waals surface area contributed by atoms with Crippen LogP contribution < -0.4 is 5.32 Å². The van der Waals surface area contributed by atoms with Crippen LogP contribution in [0.5, 0.6) is 0 Å². The molecule has 0 unspecified atom stereocenters. The van der Waals surface area contributed by atoms with Gasteiger partial charge in [0.15, 0.2) is 0 Å². The maximum atomic E-state index is 12.2. The van der Waals surface area contributed by atoms with Crippen molar-refractivity contribution in [2.75, 3.05) is 7.11 Å². The maximum absolute atomic E-state index is 12.2. The second-order valence-electron chi connectivity index (χ2n) is 5.39. The molecule has 1 amide bonds. The van der Waals surface area contributed by atoms with Gasteiger partial charge in [-0.1, -0.05) is 48.5 Å². The molecule has 25 heavy (non-hydrogen) atoms. The van der Waals surface area contributed by atoms with Crippen molar-refractivity contribution in [2.45, 2.75) is 19.6 Å². The van der Waals surface area contributed by atoms with Crippen molar-refractivity contribution in [3.05, 3.63) is 83.6 Å². The highest BCUT2D eigenvalue weighted by molar-refractivity contribution is 6.01. The molecule has 0 aliphatic carbocycles. The van der Waals surface area contributed by atoms with E-state index < -0.39 is 5.97 Å². The van der Waals surface area contributed by atoms with Gasteiger partial charge in [0.2, 0.25) is 0 Å². The Morgan fingerprint density at radius 1 is 1.04 bits per heavy atom. The fourth-order valence-corrected chi connectivity index (χ4v) is 2.14. The summed E-state index contributed by atoms with van der Waals surface area (Å²) >= 11 is 0. The van der Waals surface area contributed by atoms with Crippen LogP contribution in [0.25, 0.3) is 0 Å². The third-order valence-electron chi connectivity index (χ3n) is 3.45. The zero-order chi connectivity index (χ0) is 18.1. The normalized spacial score (nSPS) is 12.3. The van der Waals surface area contributed by atoms with Crippen LogP contribution in [0.1, 0.15) is 22.8 Å². The van der Waals surface area contributed by atoms with Crippen LogP contribution in [-0.4, -0.2) is 25.1 Å². The van der Waals surface area contributed by atoms with E-state index in [0.717, 1.165) is 5.56 Å². The number of amides is 1. The minimum Gasteiger partial charge on any atom is -0.464 e. The van der Waals surface area contributed by atoms with Crippen molar-refractivity contribution < 1.29 is 19.1 Å². The number of hydrogen-bond donors (Lipinski definition) is 1. The highest BCUT2D eigenvalue weighted by Gasteiger charge is 2.16. The van der Waals surface area contributed by atoms with Gasteiger partial charge in [0.25, 0.3) is 5.91 Å². The van der Waals surface area contributed by atoms with Crippen LogP contribution in [0.3, 0.4) is 0 Å². The lowest BCUT2D eigenvalue weighted by Crippen LogP contribution is -2.29. The molecule has 130 valence electrons. The number of benzene rings is 2. The van der Waals surface area contributed by atoms with Gasteiger partial charge in [0.05, 0.1) is 19.8 Å². The average Bonchev–Trinajstić information content (AvgIpc) is 2.66. The summed E-state index contributed by atoms with van der Waals surface area (Å²) in [5.41, 5.74) is 1.53. The number of carbonyl (C=O) groups is 2. The highest BCUT2D eigenvalue weighted by atomic mass is 16.5. The molecule has 0 saturated heterocycles. The van der Waals surface area contributed by atoms with Crippen LogP contribution >= 0.6 is 0 Å². The molecule has 2 aromatic carbocycles. The van der Waals surface area contributed by atoms with Crippen molar-refractivity contribution in [3.8, 4) is 0 Å². The summed E-state index contributed by atoms with van der Waals surface area (Å²) < 4.78 is 10.4. The monoisotopic (exact) mass is 339 g/mol. The van der Waals surface area contributed by atoms with Gasteiger partial charge >= 0.3 is 5.97 Å². The lowest BCUT2D eigenvalue weighted by atomic mass is 10.2. The molecule has 0 heterocycles. The number of rotatable bonds is 7. The quantitative estimate of drug-likeness (QED) is 0.622. The van der Waals surface area contributed by atoms with Gasteiger partial charge in [-0.05, 0) is 30.7 Å². The third-order valence-corrected chi connectivity index (χ3v) is 3.45. The highest BCUT2D eigenvalue weighted by Crippen LogP contribution is 2.07. The Morgan fingerprint density at radius 2 is 1.64 bits per heavy atom. The summed E-state index contributed by atoms with van der Waals surface area (Å²) in [5, 5.41) is 2.58. The fraction of sp³-hybridized carbons (Fsp3) is 0.200. The minimum atomic E-state index is -0.626. The molecule has 0 radical (unpaired) electrons. The molecule has 1 N–H and O–H groups in total. The summed E-state index contributed by atoms with van der Waals surface area (Å²) in [4.78, 5) is 24.2. The van der Waals surface area contributed by atoms with Gasteiger partial charge < -0.3 is 14.8 Å². The van der Waals surface area contributed by atoms with Crippen LogP contribution in [0, 0.1) is 0 Å². The molecule has 0 aromatic heterocycles. The first-order valence-corrected chi connectivity index (χ1v) is 7.92. The molecule has 0 fully saturated rings. The zero-order valence-electron chi connectivity index (χ0n) is 14.3. The predicted molar refractivity (Wildman–Crippen MR) is 94.7 cm³/mol. The molecule has 0 saturated carbocycles. The molecule has 0 aliphatic rings. The van der Waals surface area contributed by atoms with E-state index in [-0.39, 0.29) is 17.7 Å². The van der Waals surface area contributed by atoms with Crippen molar-refractivity contribution in [1.29, 1.82) is 0 Å². The van der Waals surface area contributed by atoms with Crippen LogP contribution in [0.15, 0.2) is 72.4 Å². The van der Waals surface area contributed by atoms with Crippen molar-refractivity contribution in [1.82, 2.24) is 5.32 Å². The van der Waals surface area contributed by atoms with E-state index >= 15 is 0 Å². The fourth-order valence-electron chi connectivity index (χ4n) is 2.14. The molecule has 1 atom stereocenters. The largest absolute Gasteiger partial charge is 0.464 e. The first-order chi connectivity index (χ1) is 12.1. The van der Waals surface area contributed by atoms with Gasteiger partial charge in [-0.2, -0.15) is 0 Å². The summed E-state index contributed by atoms with van der Waals surface area (Å²) in [5.74, 6) is -1.01. The molecule has 0 spiro atoms. The van der Waals surface area contributed by atoms with Crippen molar-refractivity contribution >= 4 is 11.9 Å². The molecule has 2 rings (SSSR count). The topological polar surface area (TPSA) is 64.6 Å². The molecule has 0 aliphatic heterocycles. The Hall–Kier alpha value is -2.92. The Morgan fingerprint density at radius 3 is 2.24 bits per heavy atom. The third kappa shape index (κ3) is 5.90. The second-order valence-corrected chi connectivity index (χ2v) is 5.39. The van der Waals surface area contributed by atoms with E-state index in [2.05, 4.69) is 5.32 Å². The lowest BCUT2D eigenvalue weighted by Gasteiger charge is -2.13. The predicted octanol–water partition coefficient (Wildman–Crippen LogP) is 3.08. The number of hydrogen-bond acceptors (Lipinski definition) is 4. The van der Waals surface area contributed by atoms with Crippen molar-refractivity contribution in [3.63, 3.8) is 0 Å². The number of ether oxygens (including phenoxy) is 2. The molecule has 5 heteroatoms. The van der Waals surface area contributed by atoms with Crippen LogP contribution in [0.2, 0.25) is 0 Å². The summed E-state index contributed by atoms with van der Waals surface area (Å²) in [6, 6.07) is 18.3. The molecular weight excluding hydrogens is 318 g/mol. The van der Waals surface area contributed by atoms with Gasteiger partial charge in [0, 0.05) is 5.56 Å². The van der Waals surface area contributed by atoms with E-state index in [9.17, 15) is 9.59 Å².